The Kier molecular flexibility index (Phi) is 5.35. The topological polar surface area (TPSA) is 63.6 Å². The molecule has 2 aromatic heterocycles. The van der Waals surface area contributed by atoms with E-state index in [1.54, 1.807) is 10.7 Å². The smallest absolute Gasteiger partial charge is 0.345 e. The minimum Gasteiger partial charge on any atom is -0.422 e. The first-order valence-electron chi connectivity index (χ1n) is 11.1. The second-order valence-corrected chi connectivity index (χ2v) is 8.45. The van der Waals surface area contributed by atoms with Crippen LogP contribution in [-0.4, -0.2) is 33.1 Å². The monoisotopic (exact) mass is 426 g/mol. The molecule has 162 valence electrons. The molecule has 1 saturated heterocycles. The summed E-state index contributed by atoms with van der Waals surface area (Å²) in [5, 5.41) is 12.6. The van der Waals surface area contributed by atoms with E-state index in [9.17, 15) is 4.79 Å². The number of piperidine rings is 1. The number of hydrazone groups is 1. The van der Waals surface area contributed by atoms with E-state index in [0.29, 0.717) is 28.9 Å². The van der Waals surface area contributed by atoms with Gasteiger partial charge in [-0.25, -0.2) is 9.48 Å². The summed E-state index contributed by atoms with van der Waals surface area (Å²) in [6.45, 7) is 4.42. The Morgan fingerprint density at radius 3 is 2.53 bits per heavy atom. The highest BCUT2D eigenvalue weighted by Gasteiger charge is 2.23. The van der Waals surface area contributed by atoms with Gasteiger partial charge in [-0.15, -0.1) is 0 Å². The average Bonchev–Trinajstić information content (AvgIpc) is 3.23. The maximum Gasteiger partial charge on any atom is 0.345 e. The zero-order valence-corrected chi connectivity index (χ0v) is 18.3. The SMILES string of the molecule is CC1CCCC(C)N1N=Cc1cn(-c2ccccc2)nc1-c1cc2ccccc2oc1=O. The molecule has 1 aliphatic rings. The number of fused-ring (bicyclic) bond motifs is 1. The van der Waals surface area contributed by atoms with Crippen molar-refractivity contribution in [3.8, 4) is 16.9 Å². The molecule has 6 nitrogen and oxygen atoms in total. The molecule has 0 radical (unpaired) electrons. The van der Waals surface area contributed by atoms with E-state index in [1.807, 2.05) is 67.0 Å². The molecule has 1 fully saturated rings. The fourth-order valence-electron chi connectivity index (χ4n) is 4.40. The summed E-state index contributed by atoms with van der Waals surface area (Å²) in [4.78, 5) is 12.9. The van der Waals surface area contributed by atoms with Crippen molar-refractivity contribution in [3.63, 3.8) is 0 Å². The molecule has 0 bridgehead atoms. The van der Waals surface area contributed by atoms with E-state index in [4.69, 9.17) is 14.6 Å². The van der Waals surface area contributed by atoms with Crippen molar-refractivity contribution in [1.82, 2.24) is 14.8 Å². The number of nitrogens with zero attached hydrogens (tertiary/aromatic N) is 4. The maximum absolute atomic E-state index is 12.9. The van der Waals surface area contributed by atoms with Gasteiger partial charge in [0.15, 0.2) is 0 Å². The molecule has 4 aromatic rings. The molecule has 5 rings (SSSR count). The summed E-state index contributed by atoms with van der Waals surface area (Å²) in [5.41, 5.74) is 2.85. The molecular formula is C26H26N4O2. The predicted molar refractivity (Wildman–Crippen MR) is 127 cm³/mol. The lowest BCUT2D eigenvalue weighted by Gasteiger charge is -2.36. The Bertz CT molecular complexity index is 1310. The van der Waals surface area contributed by atoms with Gasteiger partial charge in [0.2, 0.25) is 0 Å². The molecule has 32 heavy (non-hydrogen) atoms. The van der Waals surface area contributed by atoms with Crippen LogP contribution >= 0.6 is 0 Å². The first-order chi connectivity index (χ1) is 15.6. The zero-order chi connectivity index (χ0) is 22.1. The van der Waals surface area contributed by atoms with Crippen molar-refractivity contribution in [2.45, 2.75) is 45.2 Å². The molecule has 0 N–H and O–H groups in total. The van der Waals surface area contributed by atoms with Crippen molar-refractivity contribution >= 4 is 17.2 Å². The van der Waals surface area contributed by atoms with E-state index in [1.165, 1.54) is 6.42 Å². The molecular weight excluding hydrogens is 400 g/mol. The number of hydrogen-bond donors (Lipinski definition) is 0. The standard InChI is InChI=1S/C26H26N4O2/c1-18-9-8-10-19(2)30(18)27-16-21-17-29(22-12-4-3-5-13-22)28-25(21)23-15-20-11-6-7-14-24(20)32-26(23)31/h3-7,11-19H,8-10H2,1-2H3. The number of benzene rings is 2. The fraction of sp³-hybridized carbons (Fsp3) is 0.269. The Morgan fingerprint density at radius 2 is 1.75 bits per heavy atom. The molecule has 0 aliphatic carbocycles. The number of rotatable bonds is 4. The third-order valence-corrected chi connectivity index (χ3v) is 6.14. The van der Waals surface area contributed by atoms with Gasteiger partial charge in [0.1, 0.15) is 11.3 Å². The predicted octanol–water partition coefficient (Wildman–Crippen LogP) is 5.24. The summed E-state index contributed by atoms with van der Waals surface area (Å²) in [5.74, 6) is 0. The summed E-state index contributed by atoms with van der Waals surface area (Å²) < 4.78 is 7.37. The van der Waals surface area contributed by atoms with Crippen molar-refractivity contribution < 1.29 is 4.42 Å². The maximum atomic E-state index is 12.9. The van der Waals surface area contributed by atoms with Gasteiger partial charge in [-0.1, -0.05) is 36.4 Å². The van der Waals surface area contributed by atoms with Crippen LogP contribution in [0, 0.1) is 0 Å². The van der Waals surface area contributed by atoms with Crippen LogP contribution in [0.2, 0.25) is 0 Å². The van der Waals surface area contributed by atoms with E-state index in [2.05, 4.69) is 18.9 Å². The fourth-order valence-corrected chi connectivity index (χ4v) is 4.40. The first kappa shape index (κ1) is 20.2. The van der Waals surface area contributed by atoms with Crippen LogP contribution in [0.1, 0.15) is 38.7 Å². The molecule has 0 spiro atoms. The zero-order valence-electron chi connectivity index (χ0n) is 18.3. The Labute approximate surface area is 186 Å². The van der Waals surface area contributed by atoms with E-state index < -0.39 is 5.63 Å². The second-order valence-electron chi connectivity index (χ2n) is 8.45. The molecule has 2 atom stereocenters. The molecule has 0 amide bonds. The summed E-state index contributed by atoms with van der Waals surface area (Å²) in [6.07, 6.45) is 7.23. The van der Waals surface area contributed by atoms with Crippen molar-refractivity contribution in [3.05, 3.63) is 82.8 Å². The van der Waals surface area contributed by atoms with Crippen LogP contribution in [0.4, 0.5) is 0 Å². The summed E-state index contributed by atoms with van der Waals surface area (Å²) in [6, 6.07) is 20.0. The highest BCUT2D eigenvalue weighted by molar-refractivity contribution is 5.90. The van der Waals surface area contributed by atoms with Crippen molar-refractivity contribution in [2.24, 2.45) is 5.10 Å². The van der Waals surface area contributed by atoms with E-state index in [0.717, 1.165) is 29.5 Å². The van der Waals surface area contributed by atoms with Gasteiger partial charge in [-0.05, 0) is 57.4 Å². The molecule has 2 unspecified atom stereocenters. The van der Waals surface area contributed by atoms with Gasteiger partial charge < -0.3 is 4.42 Å². The molecule has 2 aromatic carbocycles. The lowest BCUT2D eigenvalue weighted by atomic mass is 10.00. The number of aromatic nitrogens is 2. The largest absolute Gasteiger partial charge is 0.422 e. The first-order valence-corrected chi connectivity index (χ1v) is 11.1. The Hall–Kier alpha value is -3.67. The van der Waals surface area contributed by atoms with Gasteiger partial charge >= 0.3 is 5.63 Å². The second kappa shape index (κ2) is 8.46. The van der Waals surface area contributed by atoms with E-state index >= 15 is 0 Å². The van der Waals surface area contributed by atoms with Gasteiger partial charge in [0.25, 0.3) is 0 Å². The van der Waals surface area contributed by atoms with Crippen LogP contribution in [0.25, 0.3) is 27.9 Å². The molecule has 1 aliphatic heterocycles. The number of hydrogen-bond acceptors (Lipinski definition) is 5. The van der Waals surface area contributed by atoms with Crippen LogP contribution in [0.5, 0.6) is 0 Å². The minimum atomic E-state index is -0.406. The summed E-state index contributed by atoms with van der Waals surface area (Å²) in [7, 11) is 0. The highest BCUT2D eigenvalue weighted by atomic mass is 16.4. The molecule has 3 heterocycles. The average molecular weight is 427 g/mol. The quantitative estimate of drug-likeness (QED) is 0.331. The highest BCUT2D eigenvalue weighted by Crippen LogP contribution is 2.26. The van der Waals surface area contributed by atoms with Gasteiger partial charge in [-0.2, -0.15) is 10.2 Å². The summed E-state index contributed by atoms with van der Waals surface area (Å²) >= 11 is 0. The van der Waals surface area contributed by atoms with Crippen LogP contribution in [-0.2, 0) is 0 Å². The van der Waals surface area contributed by atoms with Gasteiger partial charge in [0, 0.05) is 29.2 Å². The molecule has 0 saturated carbocycles. The lowest BCUT2D eigenvalue weighted by molar-refractivity contribution is 0.109. The Balaban J connectivity index is 1.63. The molecule has 6 heteroatoms. The van der Waals surface area contributed by atoms with Crippen molar-refractivity contribution in [2.75, 3.05) is 0 Å². The van der Waals surface area contributed by atoms with Gasteiger partial charge in [0.05, 0.1) is 17.5 Å². The van der Waals surface area contributed by atoms with Crippen LogP contribution in [0.15, 0.2) is 81.2 Å². The van der Waals surface area contributed by atoms with E-state index in [-0.39, 0.29) is 0 Å². The third-order valence-electron chi connectivity index (χ3n) is 6.14. The number of para-hydroxylation sites is 2. The van der Waals surface area contributed by atoms with Gasteiger partial charge in [-0.3, -0.25) is 5.01 Å². The lowest BCUT2D eigenvalue weighted by Crippen LogP contribution is -2.39. The normalized spacial score (nSPS) is 19.1. The Morgan fingerprint density at radius 1 is 1.03 bits per heavy atom. The minimum absolute atomic E-state index is 0.383. The van der Waals surface area contributed by atoms with Crippen LogP contribution in [0.3, 0.4) is 0 Å². The van der Waals surface area contributed by atoms with Crippen molar-refractivity contribution in [1.29, 1.82) is 0 Å². The van der Waals surface area contributed by atoms with Crippen LogP contribution < -0.4 is 5.63 Å². The third kappa shape index (κ3) is 3.84.